The fraction of sp³-hybridized carbons (Fsp3) is 0.714. The van der Waals surface area contributed by atoms with Crippen LogP contribution in [-0.2, 0) is 42.9 Å². The molecule has 0 spiro atoms. The molecule has 5 atom stereocenters. The zero-order chi connectivity index (χ0) is 19.9. The molecule has 0 bridgehead atoms. The molecule has 0 aliphatic carbocycles. The fourth-order valence-electron chi connectivity index (χ4n) is 2.35. The van der Waals surface area contributed by atoms with E-state index in [1.807, 2.05) is 0 Å². The van der Waals surface area contributed by atoms with Crippen molar-refractivity contribution in [1.82, 2.24) is 0 Å². The minimum atomic E-state index is -1.40. The molecule has 1 saturated heterocycles. The lowest BCUT2D eigenvalue weighted by Gasteiger charge is -2.43. The minimum Gasteiger partial charge on any atom is -0.463 e. The van der Waals surface area contributed by atoms with Gasteiger partial charge in [-0.3, -0.25) is 19.2 Å². The molecule has 0 N–H and O–H groups in total. The van der Waals surface area contributed by atoms with Gasteiger partial charge in [0, 0.05) is 32.6 Å². The molecule has 0 saturated carbocycles. The van der Waals surface area contributed by atoms with Gasteiger partial charge in [-0.15, -0.1) is 0 Å². The Balaban J connectivity index is 3.28. The Labute approximate surface area is 148 Å². The number of carbonyl (C=O) groups excluding carboxylic acids is 4. The lowest BCUT2D eigenvalue weighted by atomic mass is 9.97. The van der Waals surface area contributed by atoms with E-state index in [0.29, 0.717) is 0 Å². The van der Waals surface area contributed by atoms with Crippen molar-refractivity contribution < 1.29 is 42.9 Å². The molecule has 144 valence electrons. The summed E-state index contributed by atoms with van der Waals surface area (Å²) >= 11 is 0. The van der Waals surface area contributed by atoms with Crippen LogP contribution < -0.4 is 0 Å². The predicted molar refractivity (Wildman–Crippen MR) is 81.1 cm³/mol. The molecular formula is C14H19N3O9. The van der Waals surface area contributed by atoms with Crippen LogP contribution in [0.15, 0.2) is 5.11 Å². The monoisotopic (exact) mass is 373 g/mol. The number of esters is 4. The van der Waals surface area contributed by atoms with E-state index < -0.39 is 54.5 Å². The van der Waals surface area contributed by atoms with Crippen molar-refractivity contribution in [3.63, 3.8) is 0 Å². The van der Waals surface area contributed by atoms with Gasteiger partial charge >= 0.3 is 23.9 Å². The average Bonchev–Trinajstić information content (AvgIpc) is 2.50. The summed E-state index contributed by atoms with van der Waals surface area (Å²) in [4.78, 5) is 48.0. The first kappa shape index (κ1) is 21.2. The van der Waals surface area contributed by atoms with Crippen LogP contribution in [0.25, 0.3) is 10.4 Å². The molecule has 1 fully saturated rings. The van der Waals surface area contributed by atoms with Crippen molar-refractivity contribution in [2.45, 2.75) is 58.3 Å². The summed E-state index contributed by atoms with van der Waals surface area (Å²) < 4.78 is 25.6. The molecule has 0 amide bonds. The van der Waals surface area contributed by atoms with Gasteiger partial charge in [0.25, 0.3) is 0 Å². The summed E-state index contributed by atoms with van der Waals surface area (Å²) in [5, 5.41) is 3.38. The molecule has 12 nitrogen and oxygen atoms in total. The van der Waals surface area contributed by atoms with Gasteiger partial charge in [-0.1, -0.05) is 5.11 Å². The number of hydrogen-bond donors (Lipinski definition) is 0. The van der Waals surface area contributed by atoms with Crippen LogP contribution in [0.4, 0.5) is 0 Å². The first-order valence-electron chi connectivity index (χ1n) is 7.50. The van der Waals surface area contributed by atoms with Gasteiger partial charge in [-0.25, -0.2) is 0 Å². The highest BCUT2D eigenvalue weighted by atomic mass is 16.7. The number of carbonyl (C=O) groups is 4. The first-order valence-corrected chi connectivity index (χ1v) is 7.50. The lowest BCUT2D eigenvalue weighted by molar-refractivity contribution is -0.251. The second-order valence-electron chi connectivity index (χ2n) is 5.29. The number of hydrogen-bond acceptors (Lipinski definition) is 10. The highest BCUT2D eigenvalue weighted by Gasteiger charge is 2.51. The number of nitrogens with zero attached hydrogens (tertiary/aromatic N) is 3. The molecule has 0 unspecified atom stereocenters. The van der Waals surface area contributed by atoms with Crippen molar-refractivity contribution in [2.24, 2.45) is 5.11 Å². The highest BCUT2D eigenvalue weighted by Crippen LogP contribution is 2.29. The van der Waals surface area contributed by atoms with E-state index >= 15 is 0 Å². The fourth-order valence-corrected chi connectivity index (χ4v) is 2.35. The normalized spacial score (nSPS) is 27.5. The molecule has 12 heteroatoms. The van der Waals surface area contributed by atoms with E-state index in [1.54, 1.807) is 0 Å². The molecule has 0 aromatic rings. The maximum atomic E-state index is 11.5. The summed E-state index contributed by atoms with van der Waals surface area (Å²) in [6.45, 7) is 4.06. The smallest absolute Gasteiger partial charge is 0.303 e. The third-order valence-electron chi connectivity index (χ3n) is 3.13. The quantitative estimate of drug-likeness (QED) is 0.210. The zero-order valence-electron chi connectivity index (χ0n) is 14.6. The van der Waals surface area contributed by atoms with Gasteiger partial charge in [0.05, 0.1) is 0 Å². The van der Waals surface area contributed by atoms with E-state index in [1.165, 1.54) is 0 Å². The van der Waals surface area contributed by atoms with E-state index in [9.17, 15) is 19.2 Å². The third kappa shape index (κ3) is 6.22. The van der Waals surface area contributed by atoms with E-state index in [0.717, 1.165) is 27.7 Å². The summed E-state index contributed by atoms with van der Waals surface area (Å²) in [6, 6.07) is 0. The van der Waals surface area contributed by atoms with Crippen molar-refractivity contribution in [2.75, 3.05) is 6.61 Å². The summed E-state index contributed by atoms with van der Waals surface area (Å²) in [7, 11) is 0. The minimum absolute atomic E-state index is 0.380. The van der Waals surface area contributed by atoms with E-state index in [-0.39, 0.29) is 6.61 Å². The standard InChI is InChI=1S/C14H19N3O9/c1-6(18)22-5-10-11(23-7(2)19)12(24-8(3)20)13(25-9(4)21)14(26-10)16-17-15/h10-14H,5H2,1-4H3/t10-,11+,12+,13+,14-/m0/s1. The Morgan fingerprint density at radius 1 is 0.885 bits per heavy atom. The molecule has 0 radical (unpaired) electrons. The third-order valence-corrected chi connectivity index (χ3v) is 3.13. The molecular weight excluding hydrogens is 354 g/mol. The van der Waals surface area contributed by atoms with E-state index in [2.05, 4.69) is 10.0 Å². The summed E-state index contributed by atoms with van der Waals surface area (Å²) in [6.07, 6.45) is -6.52. The van der Waals surface area contributed by atoms with Gasteiger partial charge in [0.15, 0.2) is 24.5 Å². The number of azide groups is 1. The Morgan fingerprint density at radius 3 is 1.85 bits per heavy atom. The molecule has 26 heavy (non-hydrogen) atoms. The van der Waals surface area contributed by atoms with Crippen LogP contribution >= 0.6 is 0 Å². The van der Waals surface area contributed by atoms with Crippen LogP contribution in [-0.4, -0.2) is 61.1 Å². The van der Waals surface area contributed by atoms with Crippen LogP contribution in [0.3, 0.4) is 0 Å². The number of ether oxygens (including phenoxy) is 5. The van der Waals surface area contributed by atoms with Crippen LogP contribution in [0.2, 0.25) is 0 Å². The average molecular weight is 373 g/mol. The topological polar surface area (TPSA) is 163 Å². The lowest BCUT2D eigenvalue weighted by Crippen LogP contribution is -2.61. The van der Waals surface area contributed by atoms with Crippen LogP contribution in [0.1, 0.15) is 27.7 Å². The maximum absolute atomic E-state index is 11.5. The van der Waals surface area contributed by atoms with Crippen molar-refractivity contribution in [1.29, 1.82) is 0 Å². The Bertz CT molecular complexity index is 617. The Hall–Kier alpha value is -2.85. The van der Waals surface area contributed by atoms with Gasteiger partial charge in [-0.05, 0) is 5.53 Å². The summed E-state index contributed by atoms with van der Waals surface area (Å²) in [5.41, 5.74) is 8.71. The molecule has 1 rings (SSSR count). The summed E-state index contributed by atoms with van der Waals surface area (Å²) in [5.74, 6) is -2.92. The number of rotatable bonds is 6. The molecule has 0 aromatic heterocycles. The maximum Gasteiger partial charge on any atom is 0.303 e. The zero-order valence-corrected chi connectivity index (χ0v) is 14.6. The van der Waals surface area contributed by atoms with Gasteiger partial charge < -0.3 is 23.7 Å². The first-order chi connectivity index (χ1) is 12.1. The van der Waals surface area contributed by atoms with Crippen molar-refractivity contribution in [3.8, 4) is 0 Å². The van der Waals surface area contributed by atoms with E-state index in [4.69, 9.17) is 29.2 Å². The molecule has 1 heterocycles. The van der Waals surface area contributed by atoms with Crippen LogP contribution in [0, 0.1) is 0 Å². The highest BCUT2D eigenvalue weighted by molar-refractivity contribution is 5.68. The van der Waals surface area contributed by atoms with Gasteiger partial charge in [0.1, 0.15) is 12.7 Å². The second kappa shape index (κ2) is 9.59. The SMILES string of the molecule is CC(=O)OC[C@@H]1O[C@H](N=[N+]=[N-])[C@H](OC(C)=O)[C@H](OC(C)=O)[C@@H]1OC(C)=O. The van der Waals surface area contributed by atoms with Crippen molar-refractivity contribution in [3.05, 3.63) is 10.4 Å². The second-order valence-corrected chi connectivity index (χ2v) is 5.29. The van der Waals surface area contributed by atoms with Gasteiger partial charge in [0.2, 0.25) is 0 Å². The predicted octanol–water partition coefficient (Wildman–Crippen LogP) is 0.380. The Morgan fingerprint density at radius 2 is 1.38 bits per heavy atom. The van der Waals surface area contributed by atoms with Crippen molar-refractivity contribution >= 4 is 23.9 Å². The largest absolute Gasteiger partial charge is 0.463 e. The molecule has 0 aromatic carbocycles. The van der Waals surface area contributed by atoms with Gasteiger partial charge in [-0.2, -0.15) is 0 Å². The molecule has 1 aliphatic heterocycles. The Kier molecular flexibility index (Phi) is 7.81. The van der Waals surface area contributed by atoms with Crippen LogP contribution in [0.5, 0.6) is 0 Å². The molecule has 1 aliphatic rings.